The molecule has 0 aliphatic carbocycles. The van der Waals surface area contributed by atoms with Crippen LogP contribution >= 0.6 is 0 Å². The lowest BCUT2D eigenvalue weighted by molar-refractivity contribution is -0.359. The number of ether oxygens (including phenoxy) is 4. The van der Waals surface area contributed by atoms with E-state index in [0.29, 0.717) is 12.8 Å². The number of amides is 1. The highest BCUT2D eigenvalue weighted by Gasteiger charge is 2.51. The van der Waals surface area contributed by atoms with E-state index in [9.17, 15) is 45.6 Å². The van der Waals surface area contributed by atoms with E-state index in [4.69, 9.17) is 18.9 Å². The van der Waals surface area contributed by atoms with Crippen molar-refractivity contribution in [3.05, 3.63) is 48.6 Å². The number of unbranched alkanes of at least 4 members (excludes halogenated alkanes) is 52. The van der Waals surface area contributed by atoms with Gasteiger partial charge in [0, 0.05) is 6.42 Å². The molecule has 2 aliphatic rings. The summed E-state index contributed by atoms with van der Waals surface area (Å²) in [6.45, 7) is 2.82. The highest BCUT2D eigenvalue weighted by molar-refractivity contribution is 5.76. The first-order valence-electron chi connectivity index (χ1n) is 42.9. The Balaban J connectivity index is 1.57. The number of carbonyl (C=O) groups is 1. The number of allylic oxidation sites excluding steroid dienone is 8. The van der Waals surface area contributed by atoms with Crippen LogP contribution in [-0.4, -0.2) is 140 Å². The summed E-state index contributed by atoms with van der Waals surface area (Å²) in [6.07, 6.45) is 77.4. The fraction of sp³-hybridized carbons (Fsp3) is 0.895. The minimum Gasteiger partial charge on any atom is -0.394 e. The summed E-state index contributed by atoms with van der Waals surface area (Å²) < 4.78 is 23.0. The molecule has 14 nitrogen and oxygen atoms in total. The van der Waals surface area contributed by atoms with Crippen LogP contribution in [0.1, 0.15) is 399 Å². The number of aliphatic hydroxyl groups is 8. The molecule has 14 heteroatoms. The molecule has 2 fully saturated rings. The molecule has 9 N–H and O–H groups in total. The van der Waals surface area contributed by atoms with Crippen LogP contribution < -0.4 is 5.32 Å². The summed E-state index contributed by atoms with van der Waals surface area (Å²) in [5.74, 6) is -0.198. The Bertz CT molecular complexity index is 1870. The van der Waals surface area contributed by atoms with Crippen molar-refractivity contribution in [1.82, 2.24) is 5.32 Å². The van der Waals surface area contributed by atoms with Gasteiger partial charge in [0.25, 0.3) is 0 Å². The molecule has 100 heavy (non-hydrogen) atoms. The van der Waals surface area contributed by atoms with Gasteiger partial charge in [-0.25, -0.2) is 0 Å². The molecule has 0 radical (unpaired) electrons. The van der Waals surface area contributed by atoms with Crippen LogP contribution in [0.25, 0.3) is 0 Å². The quantitative estimate of drug-likeness (QED) is 0.0204. The maximum atomic E-state index is 13.4. The molecule has 12 unspecified atom stereocenters. The van der Waals surface area contributed by atoms with E-state index in [0.717, 1.165) is 77.0 Å². The van der Waals surface area contributed by atoms with Gasteiger partial charge in [-0.3, -0.25) is 4.79 Å². The van der Waals surface area contributed by atoms with E-state index in [2.05, 4.69) is 67.8 Å². The predicted octanol–water partition coefficient (Wildman–Crippen LogP) is 20.1. The van der Waals surface area contributed by atoms with Gasteiger partial charge in [0.05, 0.1) is 32.0 Å². The lowest BCUT2D eigenvalue weighted by Gasteiger charge is -2.46. The Hall–Kier alpha value is -2.05. The van der Waals surface area contributed by atoms with Crippen molar-refractivity contribution in [2.45, 2.75) is 473 Å². The number of hydrogen-bond acceptors (Lipinski definition) is 13. The van der Waals surface area contributed by atoms with E-state index in [-0.39, 0.29) is 12.5 Å². The molecule has 1 amide bonds. The van der Waals surface area contributed by atoms with Gasteiger partial charge in [0.2, 0.25) is 5.91 Å². The van der Waals surface area contributed by atoms with Crippen molar-refractivity contribution in [1.29, 1.82) is 0 Å². The molecular formula is C86H161NO13. The zero-order valence-corrected chi connectivity index (χ0v) is 64.7. The minimum absolute atomic E-state index is 0.198. The van der Waals surface area contributed by atoms with Crippen molar-refractivity contribution in [3.8, 4) is 0 Å². The van der Waals surface area contributed by atoms with Crippen molar-refractivity contribution < 1.29 is 64.6 Å². The van der Waals surface area contributed by atoms with Crippen LogP contribution in [0.4, 0.5) is 0 Å². The largest absolute Gasteiger partial charge is 0.394 e. The van der Waals surface area contributed by atoms with Crippen LogP contribution in [0, 0.1) is 0 Å². The summed E-state index contributed by atoms with van der Waals surface area (Å²) >= 11 is 0. The number of hydrogen-bond donors (Lipinski definition) is 9. The zero-order valence-electron chi connectivity index (χ0n) is 64.7. The van der Waals surface area contributed by atoms with Crippen molar-refractivity contribution in [3.63, 3.8) is 0 Å². The number of nitrogens with one attached hydrogen (secondary N) is 1. The average Bonchev–Trinajstić information content (AvgIpc) is 0.790. The molecule has 2 aliphatic heterocycles. The van der Waals surface area contributed by atoms with Gasteiger partial charge >= 0.3 is 0 Å². The molecule has 0 spiro atoms. The first-order valence-corrected chi connectivity index (χ1v) is 42.9. The highest BCUT2D eigenvalue weighted by atomic mass is 16.7. The van der Waals surface area contributed by atoms with E-state index >= 15 is 0 Å². The van der Waals surface area contributed by atoms with Gasteiger partial charge in [-0.1, -0.05) is 390 Å². The smallest absolute Gasteiger partial charge is 0.220 e. The SMILES string of the molecule is CC/C=C\C/C=C\C/C=C\C/C=C\CCCCCCCCCCCCCCCCCCCCCCCCC(=O)NC(COC1OC(CO)C(OC2OC(CO)C(O)C(O)C2O)C(O)C1O)C(O)CCCCCCCCCCCCCCCCCCCCCCCCCCCCCCCCC. The molecular weight excluding hydrogens is 1250 g/mol. The molecule has 0 aromatic carbocycles. The predicted molar refractivity (Wildman–Crippen MR) is 415 cm³/mol. The third-order valence-electron chi connectivity index (χ3n) is 21.1. The van der Waals surface area contributed by atoms with Crippen LogP contribution in [0.5, 0.6) is 0 Å². The highest BCUT2D eigenvalue weighted by Crippen LogP contribution is 2.31. The molecule has 2 heterocycles. The maximum Gasteiger partial charge on any atom is 0.220 e. The Kier molecular flexibility index (Phi) is 65.8. The van der Waals surface area contributed by atoms with E-state index in [1.165, 1.54) is 295 Å². The zero-order chi connectivity index (χ0) is 72.2. The van der Waals surface area contributed by atoms with Crippen molar-refractivity contribution in [2.75, 3.05) is 19.8 Å². The molecule has 0 saturated carbocycles. The Morgan fingerprint density at radius 2 is 0.690 bits per heavy atom. The summed E-state index contributed by atoms with van der Waals surface area (Å²) in [4.78, 5) is 13.4. The van der Waals surface area contributed by atoms with Gasteiger partial charge in [0.15, 0.2) is 12.6 Å². The first kappa shape index (κ1) is 94.0. The third-order valence-corrected chi connectivity index (χ3v) is 21.1. The van der Waals surface area contributed by atoms with Gasteiger partial charge in [-0.2, -0.15) is 0 Å². The lowest BCUT2D eigenvalue weighted by atomic mass is 9.97. The summed E-state index contributed by atoms with van der Waals surface area (Å²) in [5.41, 5.74) is 0. The molecule has 2 saturated heterocycles. The standard InChI is InChI=1S/C86H161NO13/c1-3-5-7-9-11-13-15-17-19-21-23-25-27-29-31-33-35-36-37-38-40-42-44-46-48-50-52-54-56-58-60-62-64-66-68-70-78(91)87-74(73-97-85-83(96)81(94)84(77(72-89)99-85)100-86-82(95)80(93)79(92)76(71-88)98-86)75(90)69-67-65-63-61-59-57-55-53-51-49-47-45-43-41-39-34-32-30-28-26-24-22-20-18-16-14-12-10-8-6-4-2/h5,7,11,13,17,19,23,25,74-77,79-86,88-90,92-96H,3-4,6,8-10,12,14-16,18,20-22,24,26-73H2,1-2H3,(H,87,91)/b7-5-,13-11-,19-17-,25-23-. The van der Waals surface area contributed by atoms with Crippen LogP contribution in [0.3, 0.4) is 0 Å². The Morgan fingerprint density at radius 3 is 1.06 bits per heavy atom. The molecule has 12 atom stereocenters. The molecule has 2 rings (SSSR count). The summed E-state index contributed by atoms with van der Waals surface area (Å²) in [6, 6.07) is -0.830. The van der Waals surface area contributed by atoms with E-state index in [1.807, 2.05) is 0 Å². The van der Waals surface area contributed by atoms with E-state index in [1.54, 1.807) is 0 Å². The first-order chi connectivity index (χ1) is 49.1. The van der Waals surface area contributed by atoms with Crippen LogP contribution in [-0.2, 0) is 23.7 Å². The fourth-order valence-corrected chi connectivity index (χ4v) is 14.4. The molecule has 0 aromatic heterocycles. The second-order valence-electron chi connectivity index (χ2n) is 30.3. The summed E-state index contributed by atoms with van der Waals surface area (Å²) in [7, 11) is 0. The van der Waals surface area contributed by atoms with E-state index < -0.39 is 86.8 Å². The van der Waals surface area contributed by atoms with Crippen molar-refractivity contribution >= 4 is 5.91 Å². The monoisotopic (exact) mass is 1420 g/mol. The minimum atomic E-state index is -1.78. The normalized spacial score (nSPS) is 22.0. The number of carbonyl (C=O) groups excluding carboxylic acids is 1. The molecule has 0 bridgehead atoms. The maximum absolute atomic E-state index is 13.4. The average molecular weight is 1420 g/mol. The number of rotatable bonds is 73. The van der Waals surface area contributed by atoms with Gasteiger partial charge in [-0.15, -0.1) is 0 Å². The van der Waals surface area contributed by atoms with Gasteiger partial charge in [-0.05, 0) is 51.4 Å². The number of aliphatic hydroxyl groups excluding tert-OH is 8. The topological polar surface area (TPSA) is 228 Å². The second kappa shape index (κ2) is 70.0. The fourth-order valence-electron chi connectivity index (χ4n) is 14.4. The Labute approximate surface area is 614 Å². The van der Waals surface area contributed by atoms with Crippen LogP contribution in [0.15, 0.2) is 48.6 Å². The van der Waals surface area contributed by atoms with Crippen molar-refractivity contribution in [2.24, 2.45) is 0 Å². The van der Waals surface area contributed by atoms with Gasteiger partial charge in [0.1, 0.15) is 48.8 Å². The summed E-state index contributed by atoms with van der Waals surface area (Å²) in [5, 5.41) is 88.0. The third kappa shape index (κ3) is 52.0. The lowest BCUT2D eigenvalue weighted by Crippen LogP contribution is -2.65. The van der Waals surface area contributed by atoms with Crippen LogP contribution in [0.2, 0.25) is 0 Å². The molecule has 588 valence electrons. The Morgan fingerprint density at radius 1 is 0.370 bits per heavy atom. The van der Waals surface area contributed by atoms with Gasteiger partial charge < -0.3 is 65.1 Å². The second-order valence-corrected chi connectivity index (χ2v) is 30.3. The molecule has 0 aromatic rings.